The molecular formula is C27H23N3O2S. The minimum Gasteiger partial charge on any atom is -0.372 e. The van der Waals surface area contributed by atoms with E-state index in [1.54, 1.807) is 6.08 Å². The number of anilines is 3. The zero-order valence-corrected chi connectivity index (χ0v) is 18.9. The molecule has 164 valence electrons. The lowest BCUT2D eigenvalue weighted by Gasteiger charge is -2.36. The van der Waals surface area contributed by atoms with Crippen LogP contribution in [0.5, 0.6) is 0 Å². The molecule has 0 bridgehead atoms. The first-order valence-electron chi connectivity index (χ1n) is 11.0. The summed E-state index contributed by atoms with van der Waals surface area (Å²) >= 11 is 5.64. The normalized spacial score (nSPS) is 16.5. The molecular weight excluding hydrogens is 430 g/mol. The molecule has 0 N–H and O–H groups in total. The first kappa shape index (κ1) is 21.1. The molecule has 3 aromatic rings. The monoisotopic (exact) mass is 453 g/mol. The number of amides is 2. The smallest absolute Gasteiger partial charge is 0.270 e. The predicted molar refractivity (Wildman–Crippen MR) is 136 cm³/mol. The van der Waals surface area contributed by atoms with Gasteiger partial charge in [0.2, 0.25) is 0 Å². The summed E-state index contributed by atoms with van der Waals surface area (Å²) < 4.78 is 0. The highest BCUT2D eigenvalue weighted by Crippen LogP contribution is 2.30. The van der Waals surface area contributed by atoms with E-state index < -0.39 is 11.8 Å². The lowest BCUT2D eigenvalue weighted by atomic mass is 10.0. The van der Waals surface area contributed by atoms with Gasteiger partial charge in [-0.25, -0.2) is 0 Å². The standard InChI is InChI=1S/C27H23N3O2S/c31-25-24(19-20-13-15-21(16-14-20)28-17-7-8-18-28)26(32)30(23-11-5-2-6-12-23)27(33)29(25)22-9-3-1-4-10-22/h1-6,9-16,19H,7-8,17-18H2. The van der Waals surface area contributed by atoms with Crippen LogP contribution in [0.3, 0.4) is 0 Å². The second kappa shape index (κ2) is 9.00. The maximum absolute atomic E-state index is 13.5. The van der Waals surface area contributed by atoms with Crippen LogP contribution < -0.4 is 14.7 Å². The van der Waals surface area contributed by atoms with Gasteiger partial charge in [-0.3, -0.25) is 19.4 Å². The fraction of sp³-hybridized carbons (Fsp3) is 0.148. The van der Waals surface area contributed by atoms with Gasteiger partial charge in [0.15, 0.2) is 5.11 Å². The van der Waals surface area contributed by atoms with Crippen LogP contribution in [-0.4, -0.2) is 30.0 Å². The van der Waals surface area contributed by atoms with Gasteiger partial charge in [0.1, 0.15) is 5.57 Å². The Hall–Kier alpha value is -3.77. The SMILES string of the molecule is O=C1C(=Cc2ccc(N3CCCC3)cc2)C(=O)N(c2ccccc2)C(=S)N1c1ccccc1. The Morgan fingerprint density at radius 2 is 1.12 bits per heavy atom. The fourth-order valence-electron chi connectivity index (χ4n) is 4.26. The maximum atomic E-state index is 13.5. The van der Waals surface area contributed by atoms with Gasteiger partial charge in [-0.05, 0) is 73.1 Å². The molecule has 33 heavy (non-hydrogen) atoms. The quantitative estimate of drug-likeness (QED) is 0.316. The molecule has 0 unspecified atom stereocenters. The van der Waals surface area contributed by atoms with Gasteiger partial charge in [-0.1, -0.05) is 48.5 Å². The largest absolute Gasteiger partial charge is 0.372 e. The summed E-state index contributed by atoms with van der Waals surface area (Å²) in [6.07, 6.45) is 4.07. The topological polar surface area (TPSA) is 43.9 Å². The number of para-hydroxylation sites is 2. The van der Waals surface area contributed by atoms with Crippen LogP contribution >= 0.6 is 12.2 Å². The van der Waals surface area contributed by atoms with Gasteiger partial charge >= 0.3 is 0 Å². The highest BCUT2D eigenvalue weighted by atomic mass is 32.1. The Balaban J connectivity index is 1.55. The van der Waals surface area contributed by atoms with Crippen molar-refractivity contribution >= 4 is 52.3 Å². The Kier molecular flexibility index (Phi) is 5.75. The lowest BCUT2D eigenvalue weighted by molar-refractivity contribution is -0.120. The average Bonchev–Trinajstić information content (AvgIpc) is 3.39. The first-order valence-corrected chi connectivity index (χ1v) is 11.4. The number of thiocarbonyl (C=S) groups is 1. The van der Waals surface area contributed by atoms with E-state index in [-0.39, 0.29) is 10.7 Å². The van der Waals surface area contributed by atoms with Gasteiger partial charge in [-0.15, -0.1) is 0 Å². The summed E-state index contributed by atoms with van der Waals surface area (Å²) in [6, 6.07) is 26.4. The number of rotatable bonds is 4. The number of benzene rings is 3. The van der Waals surface area contributed by atoms with Crippen LogP contribution in [0.25, 0.3) is 6.08 Å². The van der Waals surface area contributed by atoms with Gasteiger partial charge in [0, 0.05) is 18.8 Å². The van der Waals surface area contributed by atoms with Crippen LogP contribution in [0, 0.1) is 0 Å². The molecule has 2 saturated heterocycles. The molecule has 0 saturated carbocycles. The van der Waals surface area contributed by atoms with Crippen molar-refractivity contribution in [1.82, 2.24) is 0 Å². The molecule has 0 atom stereocenters. The van der Waals surface area contributed by atoms with Crippen molar-refractivity contribution < 1.29 is 9.59 Å². The Morgan fingerprint density at radius 1 is 0.636 bits per heavy atom. The zero-order chi connectivity index (χ0) is 22.8. The second-order valence-electron chi connectivity index (χ2n) is 8.08. The van der Waals surface area contributed by atoms with Crippen molar-refractivity contribution in [3.05, 3.63) is 96.1 Å². The summed E-state index contributed by atoms with van der Waals surface area (Å²) in [7, 11) is 0. The maximum Gasteiger partial charge on any atom is 0.270 e. The first-order chi connectivity index (χ1) is 16.1. The Labute approximate surface area is 198 Å². The number of nitrogens with zero attached hydrogens (tertiary/aromatic N) is 3. The van der Waals surface area contributed by atoms with Crippen LogP contribution in [0.1, 0.15) is 18.4 Å². The van der Waals surface area contributed by atoms with Crippen LogP contribution in [0.15, 0.2) is 90.5 Å². The summed E-state index contributed by atoms with van der Waals surface area (Å²) in [4.78, 5) is 32.2. The van der Waals surface area contributed by atoms with Crippen molar-refractivity contribution in [3.63, 3.8) is 0 Å². The van der Waals surface area contributed by atoms with E-state index in [1.165, 1.54) is 22.6 Å². The summed E-state index contributed by atoms with van der Waals surface area (Å²) in [5.41, 5.74) is 3.27. The van der Waals surface area contributed by atoms with Crippen LogP contribution in [0.2, 0.25) is 0 Å². The van der Waals surface area contributed by atoms with Crippen molar-refractivity contribution in [1.29, 1.82) is 0 Å². The van der Waals surface area contributed by atoms with E-state index in [4.69, 9.17) is 12.2 Å². The molecule has 3 aromatic carbocycles. The molecule has 5 rings (SSSR count). The van der Waals surface area contributed by atoms with E-state index in [1.807, 2.05) is 84.9 Å². The van der Waals surface area contributed by atoms with Crippen molar-refractivity contribution in [2.45, 2.75) is 12.8 Å². The third kappa shape index (κ3) is 4.05. The molecule has 0 aromatic heterocycles. The lowest BCUT2D eigenvalue weighted by Crippen LogP contribution is -2.56. The number of hydrogen-bond donors (Lipinski definition) is 0. The summed E-state index contributed by atoms with van der Waals surface area (Å²) in [5.74, 6) is -0.848. The fourth-order valence-corrected chi connectivity index (χ4v) is 4.64. The van der Waals surface area contributed by atoms with Gasteiger partial charge in [0.25, 0.3) is 11.8 Å². The summed E-state index contributed by atoms with van der Waals surface area (Å²) in [5, 5.41) is 0.143. The predicted octanol–water partition coefficient (Wildman–Crippen LogP) is 5.04. The molecule has 5 nitrogen and oxygen atoms in total. The minimum absolute atomic E-state index is 0.0743. The van der Waals surface area contributed by atoms with Gasteiger partial charge in [-0.2, -0.15) is 0 Å². The molecule has 2 aliphatic rings. The van der Waals surface area contributed by atoms with Gasteiger partial charge < -0.3 is 4.90 Å². The van der Waals surface area contributed by atoms with E-state index >= 15 is 0 Å². The highest BCUT2D eigenvalue weighted by Gasteiger charge is 2.41. The number of hydrogen-bond acceptors (Lipinski definition) is 4. The third-order valence-electron chi connectivity index (χ3n) is 5.95. The average molecular weight is 454 g/mol. The third-order valence-corrected chi connectivity index (χ3v) is 6.32. The van der Waals surface area contributed by atoms with Crippen molar-refractivity contribution in [2.75, 3.05) is 27.8 Å². The van der Waals surface area contributed by atoms with E-state index in [0.29, 0.717) is 11.4 Å². The molecule has 2 amide bonds. The summed E-state index contributed by atoms with van der Waals surface area (Å²) in [6.45, 7) is 2.12. The van der Waals surface area contributed by atoms with E-state index in [2.05, 4.69) is 4.90 Å². The molecule has 2 aliphatic heterocycles. The van der Waals surface area contributed by atoms with E-state index in [9.17, 15) is 9.59 Å². The van der Waals surface area contributed by atoms with Crippen LogP contribution in [0.4, 0.5) is 17.1 Å². The highest BCUT2D eigenvalue weighted by molar-refractivity contribution is 7.81. The molecule has 6 heteroatoms. The van der Waals surface area contributed by atoms with Crippen LogP contribution in [-0.2, 0) is 9.59 Å². The molecule has 0 spiro atoms. The zero-order valence-electron chi connectivity index (χ0n) is 18.1. The minimum atomic E-state index is -0.424. The van der Waals surface area contributed by atoms with Crippen molar-refractivity contribution in [3.8, 4) is 0 Å². The molecule has 0 radical (unpaired) electrons. The van der Waals surface area contributed by atoms with Gasteiger partial charge in [0.05, 0.1) is 11.4 Å². The number of carbonyl (C=O) groups excluding carboxylic acids is 2. The molecule has 0 aliphatic carbocycles. The molecule has 2 fully saturated rings. The Morgan fingerprint density at radius 3 is 1.61 bits per heavy atom. The Bertz CT molecular complexity index is 1150. The van der Waals surface area contributed by atoms with E-state index in [0.717, 1.165) is 24.3 Å². The number of carbonyl (C=O) groups is 2. The molecule has 2 heterocycles. The second-order valence-corrected chi connectivity index (χ2v) is 8.44. The van der Waals surface area contributed by atoms with Crippen molar-refractivity contribution in [2.24, 2.45) is 0 Å².